The number of benzene rings is 2. The summed E-state index contributed by atoms with van der Waals surface area (Å²) in [5, 5.41) is 2.14. The molecule has 0 N–H and O–H groups in total. The Hall–Kier alpha value is -2.70. The molecule has 7 rings (SSSR count). The quantitative estimate of drug-likeness (QED) is 0.198. The van der Waals surface area contributed by atoms with Crippen LogP contribution in [0.5, 0.6) is 0 Å². The summed E-state index contributed by atoms with van der Waals surface area (Å²) in [6.45, 7) is 27.5. The molecule has 8 nitrogen and oxygen atoms in total. The van der Waals surface area contributed by atoms with Gasteiger partial charge in [0.1, 0.15) is 31.3 Å². The highest BCUT2D eigenvalue weighted by molar-refractivity contribution is 9.10. The zero-order chi connectivity index (χ0) is 45.5. The molecule has 338 valence electrons. The molecule has 1 aliphatic carbocycles. The van der Waals surface area contributed by atoms with E-state index in [2.05, 4.69) is 93.9 Å². The molecular formula is C49H65BrCl2N4O4S2. The van der Waals surface area contributed by atoms with Gasteiger partial charge in [0.25, 0.3) is 0 Å². The van der Waals surface area contributed by atoms with E-state index in [1.165, 1.54) is 29.5 Å². The Balaban J connectivity index is 0.000000207. The topological polar surface area (TPSA) is 84.9 Å². The lowest BCUT2D eigenvalue weighted by Gasteiger charge is -2.32. The van der Waals surface area contributed by atoms with Crippen molar-refractivity contribution in [3.05, 3.63) is 76.2 Å². The maximum Gasteiger partial charge on any atom is 0.410 e. The number of carbonyl (C=O) groups is 2. The Labute approximate surface area is 396 Å². The molecule has 2 aromatic carbocycles. The first kappa shape index (κ1) is 48.7. The van der Waals surface area contributed by atoms with Gasteiger partial charge in [0.2, 0.25) is 0 Å². The minimum absolute atomic E-state index is 0.0400. The van der Waals surface area contributed by atoms with E-state index in [1.54, 1.807) is 27.6 Å². The molecule has 13 heteroatoms. The Morgan fingerprint density at radius 3 is 1.34 bits per heavy atom. The van der Waals surface area contributed by atoms with Gasteiger partial charge < -0.3 is 19.3 Å². The first-order chi connectivity index (χ1) is 28.7. The van der Waals surface area contributed by atoms with Crippen molar-refractivity contribution in [2.75, 3.05) is 26.2 Å². The van der Waals surface area contributed by atoms with Gasteiger partial charge in [0.05, 0.1) is 10.0 Å². The van der Waals surface area contributed by atoms with E-state index in [-0.39, 0.29) is 23.0 Å². The number of likely N-dealkylation sites (tertiary alicyclic amines) is 2. The fourth-order valence-corrected chi connectivity index (χ4v) is 10.9. The summed E-state index contributed by atoms with van der Waals surface area (Å²) >= 11 is 20.2. The van der Waals surface area contributed by atoms with Gasteiger partial charge in [0, 0.05) is 53.6 Å². The van der Waals surface area contributed by atoms with Crippen LogP contribution in [0.3, 0.4) is 0 Å². The van der Waals surface area contributed by atoms with Crippen LogP contribution in [0, 0.1) is 0 Å². The largest absolute Gasteiger partial charge is 0.444 e. The lowest BCUT2D eigenvalue weighted by Crippen LogP contribution is -2.41. The molecule has 2 saturated heterocycles. The smallest absolute Gasteiger partial charge is 0.410 e. The standard InChI is InChI=1S/C26H35ClN2O2S.C23H30BrClN2O2S/c1-25(2,3)20-14-18(16-7-8-16)13-19(15-20)21-22(27)32-23(28-21)17-9-11-29(12-10-17)24(30)31-26(4,5)6;1-22(2,3)16-11-15(12-17(24)13-16)18-19(25)30-20(26-18)14-7-9-27(10-8-14)21(28)29-23(4,5)6/h13-17H,7-12H2,1-6H3;11-14H,7-10H2,1-6H3. The molecule has 4 heterocycles. The Bertz CT molecular complexity index is 2230. The lowest BCUT2D eigenvalue weighted by atomic mass is 9.84. The molecule has 2 aromatic heterocycles. The van der Waals surface area contributed by atoms with E-state index < -0.39 is 11.2 Å². The van der Waals surface area contributed by atoms with Crippen LogP contribution in [-0.4, -0.2) is 69.3 Å². The van der Waals surface area contributed by atoms with Gasteiger partial charge >= 0.3 is 12.2 Å². The van der Waals surface area contributed by atoms with E-state index in [0.29, 0.717) is 43.9 Å². The highest BCUT2D eigenvalue weighted by Gasteiger charge is 2.32. The van der Waals surface area contributed by atoms with Gasteiger partial charge in [-0.2, -0.15) is 0 Å². The number of amides is 2. The van der Waals surface area contributed by atoms with E-state index in [0.717, 1.165) is 71.4 Å². The van der Waals surface area contributed by atoms with Gasteiger partial charge in [-0.05, 0) is 144 Å². The van der Waals surface area contributed by atoms with Crippen molar-refractivity contribution in [3.8, 4) is 22.5 Å². The van der Waals surface area contributed by atoms with Crippen LogP contribution in [0.25, 0.3) is 22.5 Å². The highest BCUT2D eigenvalue weighted by atomic mass is 79.9. The second kappa shape index (κ2) is 19.0. The number of rotatable bonds is 5. The fraction of sp³-hybridized carbons (Fsp3) is 0.592. The van der Waals surface area contributed by atoms with Crippen molar-refractivity contribution in [1.29, 1.82) is 0 Å². The molecule has 0 atom stereocenters. The van der Waals surface area contributed by atoms with E-state index >= 15 is 0 Å². The molecule has 2 aliphatic heterocycles. The summed E-state index contributed by atoms with van der Waals surface area (Å²) in [7, 11) is 0. The second-order valence-corrected chi connectivity index (χ2v) is 25.4. The summed E-state index contributed by atoms with van der Waals surface area (Å²) in [6.07, 6.45) is 5.61. The molecule has 2 amide bonds. The number of carbonyl (C=O) groups excluding carboxylic acids is 2. The number of aromatic nitrogens is 2. The Kier molecular flexibility index (Phi) is 15.0. The normalized spacial score (nSPS) is 17.1. The number of piperidine rings is 2. The molecule has 4 aromatic rings. The zero-order valence-corrected chi connectivity index (χ0v) is 43.4. The third-order valence-corrected chi connectivity index (χ3v) is 14.7. The van der Waals surface area contributed by atoms with Crippen molar-refractivity contribution in [1.82, 2.24) is 19.8 Å². The third-order valence-electron chi connectivity index (χ3n) is 11.4. The summed E-state index contributed by atoms with van der Waals surface area (Å²) in [4.78, 5) is 38.2. The van der Waals surface area contributed by atoms with Crippen LogP contribution in [0.1, 0.15) is 166 Å². The van der Waals surface area contributed by atoms with Crippen LogP contribution in [0.4, 0.5) is 9.59 Å². The minimum atomic E-state index is -0.471. The summed E-state index contributed by atoms with van der Waals surface area (Å²) in [5.74, 6) is 1.33. The third kappa shape index (κ3) is 13.0. The molecule has 0 unspecified atom stereocenters. The Morgan fingerprint density at radius 2 is 0.968 bits per heavy atom. The molecule has 1 saturated carbocycles. The van der Waals surface area contributed by atoms with Crippen molar-refractivity contribution in [2.24, 2.45) is 0 Å². The van der Waals surface area contributed by atoms with Crippen molar-refractivity contribution >= 4 is 74.0 Å². The van der Waals surface area contributed by atoms with Crippen molar-refractivity contribution in [3.63, 3.8) is 0 Å². The SMILES string of the molecule is CC(C)(C)OC(=O)N1CCC(c2nc(-c3cc(Br)cc(C(C)(C)C)c3)c(Cl)s2)CC1.CC(C)(C)OC(=O)N1CCC(c2nc(-c3cc(C4CC4)cc(C(C)(C)C)c3)c(Cl)s2)CC1. The highest BCUT2D eigenvalue weighted by Crippen LogP contribution is 2.46. The number of nitrogens with zero attached hydrogens (tertiary/aromatic N) is 4. The summed E-state index contributed by atoms with van der Waals surface area (Å²) in [5.41, 5.74) is 7.12. The number of ether oxygens (including phenoxy) is 2. The average Bonchev–Trinajstić information content (AvgIpc) is 3.84. The van der Waals surface area contributed by atoms with Crippen LogP contribution in [0.2, 0.25) is 8.67 Å². The molecule has 3 aliphatic rings. The fourth-order valence-electron chi connectivity index (χ4n) is 7.64. The molecule has 62 heavy (non-hydrogen) atoms. The van der Waals surface area contributed by atoms with Crippen LogP contribution >= 0.6 is 61.8 Å². The van der Waals surface area contributed by atoms with Gasteiger partial charge in [0.15, 0.2) is 0 Å². The van der Waals surface area contributed by atoms with Gasteiger partial charge in [-0.15, -0.1) is 22.7 Å². The zero-order valence-electron chi connectivity index (χ0n) is 38.6. The van der Waals surface area contributed by atoms with Crippen molar-refractivity contribution < 1.29 is 19.1 Å². The summed E-state index contributed by atoms with van der Waals surface area (Å²) in [6, 6.07) is 13.3. The predicted molar refractivity (Wildman–Crippen MR) is 262 cm³/mol. The Morgan fingerprint density at radius 1 is 0.581 bits per heavy atom. The number of hydrogen-bond donors (Lipinski definition) is 0. The number of halogens is 3. The predicted octanol–water partition coefficient (Wildman–Crippen LogP) is 15.4. The molecule has 0 bridgehead atoms. The molecule has 0 spiro atoms. The van der Waals surface area contributed by atoms with Crippen molar-refractivity contribution in [2.45, 2.75) is 161 Å². The van der Waals surface area contributed by atoms with E-state index in [9.17, 15) is 9.59 Å². The molecular weight excluding hydrogens is 924 g/mol. The molecule has 0 radical (unpaired) electrons. The maximum absolute atomic E-state index is 12.4. The minimum Gasteiger partial charge on any atom is -0.444 e. The first-order valence-electron chi connectivity index (χ1n) is 22.0. The van der Waals surface area contributed by atoms with Crippen LogP contribution in [-0.2, 0) is 20.3 Å². The van der Waals surface area contributed by atoms with Gasteiger partial charge in [-0.25, -0.2) is 19.6 Å². The average molecular weight is 989 g/mol. The second-order valence-electron chi connectivity index (χ2n) is 21.2. The van der Waals surface area contributed by atoms with E-state index in [4.69, 9.17) is 42.6 Å². The van der Waals surface area contributed by atoms with E-state index in [1.807, 2.05) is 46.4 Å². The number of thiazole rings is 2. The molecule has 3 fully saturated rings. The summed E-state index contributed by atoms with van der Waals surface area (Å²) < 4.78 is 13.5. The van der Waals surface area contributed by atoms with Crippen LogP contribution in [0.15, 0.2) is 40.9 Å². The van der Waals surface area contributed by atoms with Gasteiger partial charge in [-0.3, -0.25) is 0 Å². The monoisotopic (exact) mass is 986 g/mol. The maximum atomic E-state index is 12.4. The van der Waals surface area contributed by atoms with Gasteiger partial charge in [-0.1, -0.05) is 86.7 Å². The number of hydrogen-bond acceptors (Lipinski definition) is 8. The lowest BCUT2D eigenvalue weighted by molar-refractivity contribution is 0.0194. The van der Waals surface area contributed by atoms with Crippen LogP contribution < -0.4 is 0 Å². The first-order valence-corrected chi connectivity index (χ1v) is 25.2.